The summed E-state index contributed by atoms with van der Waals surface area (Å²) >= 11 is 0. The Morgan fingerprint density at radius 1 is 1.20 bits per heavy atom. The van der Waals surface area contributed by atoms with E-state index >= 15 is 0 Å². The van der Waals surface area contributed by atoms with Crippen molar-refractivity contribution >= 4 is 27.6 Å². The Bertz CT molecular complexity index is 1200. The smallest absolute Gasteiger partial charge is 0.356 e. The summed E-state index contributed by atoms with van der Waals surface area (Å²) in [6, 6.07) is 3.74. The average molecular weight is 509 g/mol. The molecule has 0 radical (unpaired) electrons. The Morgan fingerprint density at radius 2 is 1.83 bits per heavy atom. The molecule has 1 aromatic carbocycles. The van der Waals surface area contributed by atoms with E-state index in [0.29, 0.717) is 12.1 Å². The highest BCUT2D eigenvalue weighted by Gasteiger charge is 2.27. The molecule has 0 saturated carbocycles. The predicted octanol–water partition coefficient (Wildman–Crippen LogP) is 4.71. The Labute approximate surface area is 207 Å². The third kappa shape index (κ3) is 7.28. The van der Waals surface area contributed by atoms with E-state index in [-0.39, 0.29) is 57.6 Å². The van der Waals surface area contributed by atoms with E-state index < -0.39 is 16.0 Å². The van der Waals surface area contributed by atoms with Gasteiger partial charge in [0.05, 0.1) is 6.04 Å². The Kier molecular flexibility index (Phi) is 8.72. The number of carboxylic acid groups (broad SMARTS) is 1. The van der Waals surface area contributed by atoms with Crippen molar-refractivity contribution in [3.63, 3.8) is 0 Å². The minimum Gasteiger partial charge on any atom is -0.476 e. The predicted molar refractivity (Wildman–Crippen MR) is 134 cm³/mol. The third-order valence-corrected chi connectivity index (χ3v) is 6.78. The van der Waals surface area contributed by atoms with Gasteiger partial charge in [-0.3, -0.25) is 4.79 Å². The SMILES string of the molecule is CC[C@@H](C)NS(=O)(=O)c1cc(NC(=O)CC(C)(C)C)ccc1Oc1c(C)c(C(=O)O)nn1C(C)C. The van der Waals surface area contributed by atoms with Crippen molar-refractivity contribution < 1.29 is 27.9 Å². The van der Waals surface area contributed by atoms with Crippen LogP contribution in [0.4, 0.5) is 5.69 Å². The molecule has 1 amide bonds. The van der Waals surface area contributed by atoms with Crippen LogP contribution in [-0.2, 0) is 14.8 Å². The molecule has 2 rings (SSSR count). The summed E-state index contributed by atoms with van der Waals surface area (Å²) in [5.74, 6) is -1.35. The molecule has 2 aromatic rings. The molecule has 35 heavy (non-hydrogen) atoms. The van der Waals surface area contributed by atoms with E-state index in [4.69, 9.17) is 4.74 Å². The first-order valence-corrected chi connectivity index (χ1v) is 13.0. The van der Waals surface area contributed by atoms with Gasteiger partial charge in [0.15, 0.2) is 5.69 Å². The third-order valence-electron chi connectivity index (χ3n) is 5.17. The molecule has 10 nitrogen and oxygen atoms in total. The molecule has 0 aliphatic carbocycles. The molecule has 3 N–H and O–H groups in total. The molecule has 11 heteroatoms. The molecule has 1 heterocycles. The fraction of sp³-hybridized carbons (Fsp3) is 0.542. The lowest BCUT2D eigenvalue weighted by atomic mass is 9.92. The van der Waals surface area contributed by atoms with Gasteiger partial charge in [-0.15, -0.1) is 0 Å². The van der Waals surface area contributed by atoms with E-state index in [1.807, 2.05) is 27.7 Å². The highest BCUT2D eigenvalue weighted by Crippen LogP contribution is 2.35. The fourth-order valence-corrected chi connectivity index (χ4v) is 4.74. The van der Waals surface area contributed by atoms with E-state index in [0.717, 1.165) is 0 Å². The summed E-state index contributed by atoms with van der Waals surface area (Å²) in [6.07, 6.45) is 0.821. The Balaban J connectivity index is 2.59. The van der Waals surface area contributed by atoms with Gasteiger partial charge in [0.25, 0.3) is 0 Å². The molecule has 1 atom stereocenters. The number of nitrogens with one attached hydrogen (secondary N) is 2. The van der Waals surface area contributed by atoms with Crippen LogP contribution >= 0.6 is 0 Å². The lowest BCUT2D eigenvalue weighted by Gasteiger charge is -2.19. The van der Waals surface area contributed by atoms with Crippen molar-refractivity contribution in [1.29, 1.82) is 0 Å². The molecule has 0 aliphatic heterocycles. The molecule has 0 unspecified atom stereocenters. The molecular formula is C24H36N4O6S. The van der Waals surface area contributed by atoms with Crippen molar-refractivity contribution in [2.24, 2.45) is 5.41 Å². The summed E-state index contributed by atoms with van der Waals surface area (Å²) in [5, 5.41) is 16.4. The lowest BCUT2D eigenvalue weighted by molar-refractivity contribution is -0.117. The second kappa shape index (κ2) is 10.8. The molecule has 0 aliphatic rings. The lowest BCUT2D eigenvalue weighted by Crippen LogP contribution is -2.32. The highest BCUT2D eigenvalue weighted by molar-refractivity contribution is 7.89. The number of rotatable bonds is 10. The number of aromatic carboxylic acids is 1. The average Bonchev–Trinajstić information content (AvgIpc) is 3.04. The second-order valence-electron chi connectivity index (χ2n) is 10.1. The fourth-order valence-electron chi connectivity index (χ4n) is 3.26. The monoisotopic (exact) mass is 508 g/mol. The standard InChI is InChI=1S/C24H36N4O6S/c1-9-15(4)27-35(32,33)19-12-17(25-20(29)13-24(6,7)8)10-11-18(19)34-22-16(5)21(23(30)31)26-28(22)14(2)3/h10-12,14-15,27H,9,13H2,1-8H3,(H,25,29)(H,30,31)/t15-/m1/s1. The summed E-state index contributed by atoms with van der Waals surface area (Å²) in [7, 11) is -4.04. The quantitative estimate of drug-likeness (QED) is 0.422. The van der Waals surface area contributed by atoms with Gasteiger partial charge in [0, 0.05) is 23.7 Å². The number of hydrogen-bond acceptors (Lipinski definition) is 6. The van der Waals surface area contributed by atoms with Crippen LogP contribution in [0.3, 0.4) is 0 Å². The summed E-state index contributed by atoms with van der Waals surface area (Å²) in [4.78, 5) is 23.9. The van der Waals surface area contributed by atoms with Crippen molar-refractivity contribution in [3.8, 4) is 11.6 Å². The van der Waals surface area contributed by atoms with Crippen LogP contribution in [-0.4, -0.2) is 41.2 Å². The number of amides is 1. The van der Waals surface area contributed by atoms with Crippen LogP contribution in [0, 0.1) is 12.3 Å². The highest BCUT2D eigenvalue weighted by atomic mass is 32.2. The van der Waals surface area contributed by atoms with E-state index in [1.165, 1.54) is 16.8 Å². The van der Waals surface area contributed by atoms with Crippen LogP contribution in [0.2, 0.25) is 0 Å². The van der Waals surface area contributed by atoms with Gasteiger partial charge >= 0.3 is 5.97 Å². The van der Waals surface area contributed by atoms with Crippen molar-refractivity contribution in [2.75, 3.05) is 5.32 Å². The minimum absolute atomic E-state index is 0.0172. The van der Waals surface area contributed by atoms with Gasteiger partial charge in [-0.05, 0) is 57.7 Å². The van der Waals surface area contributed by atoms with Crippen LogP contribution in [0.5, 0.6) is 11.6 Å². The zero-order valence-electron chi connectivity index (χ0n) is 21.6. The maximum atomic E-state index is 13.3. The molecule has 194 valence electrons. The zero-order valence-corrected chi connectivity index (χ0v) is 22.4. The number of aromatic nitrogens is 2. The zero-order chi connectivity index (χ0) is 26.7. The van der Waals surface area contributed by atoms with Crippen LogP contribution < -0.4 is 14.8 Å². The molecular weight excluding hydrogens is 472 g/mol. The first kappa shape index (κ1) is 28.3. The summed E-state index contributed by atoms with van der Waals surface area (Å²) in [6.45, 7) is 14.6. The Hall–Kier alpha value is -2.92. The van der Waals surface area contributed by atoms with E-state index in [1.54, 1.807) is 33.8 Å². The second-order valence-corrected chi connectivity index (χ2v) is 11.8. The Morgan fingerprint density at radius 3 is 2.34 bits per heavy atom. The van der Waals surface area contributed by atoms with Crippen molar-refractivity contribution in [2.45, 2.75) is 85.2 Å². The van der Waals surface area contributed by atoms with Gasteiger partial charge in [-0.25, -0.2) is 22.6 Å². The maximum absolute atomic E-state index is 13.3. The van der Waals surface area contributed by atoms with E-state index in [2.05, 4.69) is 15.1 Å². The van der Waals surface area contributed by atoms with Gasteiger partial charge in [0.1, 0.15) is 10.6 Å². The normalized spacial score (nSPS) is 13.1. The number of benzene rings is 1. The number of ether oxygens (including phenoxy) is 1. The van der Waals surface area contributed by atoms with Gasteiger partial charge in [-0.1, -0.05) is 27.7 Å². The van der Waals surface area contributed by atoms with E-state index in [9.17, 15) is 23.1 Å². The first-order valence-electron chi connectivity index (χ1n) is 11.5. The minimum atomic E-state index is -4.04. The maximum Gasteiger partial charge on any atom is 0.356 e. The van der Waals surface area contributed by atoms with Crippen molar-refractivity contribution in [3.05, 3.63) is 29.5 Å². The first-order chi connectivity index (χ1) is 16.1. The van der Waals surface area contributed by atoms with Crippen molar-refractivity contribution in [1.82, 2.24) is 14.5 Å². The van der Waals surface area contributed by atoms with Gasteiger partial charge in [0.2, 0.25) is 21.8 Å². The molecule has 0 spiro atoms. The number of carboxylic acids is 1. The number of carbonyl (C=O) groups excluding carboxylic acids is 1. The number of sulfonamides is 1. The molecule has 1 aromatic heterocycles. The number of carbonyl (C=O) groups is 2. The molecule has 0 bridgehead atoms. The van der Waals surface area contributed by atoms with Crippen LogP contribution in [0.15, 0.2) is 23.1 Å². The number of anilines is 1. The van der Waals surface area contributed by atoms with Gasteiger partial charge < -0.3 is 15.2 Å². The van der Waals surface area contributed by atoms with Crippen LogP contribution in [0.1, 0.15) is 83.4 Å². The topological polar surface area (TPSA) is 140 Å². The number of nitrogens with zero attached hydrogens (tertiary/aromatic N) is 2. The molecule has 0 fully saturated rings. The summed E-state index contributed by atoms with van der Waals surface area (Å²) < 4.78 is 36.6. The summed E-state index contributed by atoms with van der Waals surface area (Å²) in [5.41, 5.74) is 0.153. The largest absolute Gasteiger partial charge is 0.476 e. The van der Waals surface area contributed by atoms with Gasteiger partial charge in [-0.2, -0.15) is 5.10 Å². The number of hydrogen-bond donors (Lipinski definition) is 3. The van der Waals surface area contributed by atoms with Crippen LogP contribution in [0.25, 0.3) is 0 Å². The molecule has 0 saturated heterocycles.